The molecule has 148 valence electrons. The first-order valence-electron chi connectivity index (χ1n) is 8.95. The van der Waals surface area contributed by atoms with E-state index in [1.165, 1.54) is 5.56 Å². The Kier molecular flexibility index (Phi) is 10.3. The van der Waals surface area contributed by atoms with Crippen molar-refractivity contribution in [2.45, 2.75) is 25.8 Å². The van der Waals surface area contributed by atoms with Crippen LogP contribution in [0.2, 0.25) is 0 Å². The van der Waals surface area contributed by atoms with Crippen LogP contribution in [0.5, 0.6) is 5.75 Å². The molecule has 2 rings (SSSR count). The molecule has 1 aromatic rings. The molecule has 2 N–H and O–H groups in total. The minimum absolute atomic E-state index is 0. The highest BCUT2D eigenvalue weighted by molar-refractivity contribution is 14.0. The molecule has 7 heteroatoms. The molecule has 1 aromatic carbocycles. The molecule has 1 saturated heterocycles. The van der Waals surface area contributed by atoms with Crippen LogP contribution in [0.1, 0.15) is 19.4 Å². The molecule has 1 aliphatic heterocycles. The lowest BCUT2D eigenvalue weighted by atomic mass is 10.0. The number of hydrogen-bond acceptors (Lipinski definition) is 4. The maximum atomic E-state index is 5.45. The van der Waals surface area contributed by atoms with E-state index in [1.807, 2.05) is 19.2 Å². The molecule has 1 aliphatic rings. The molecule has 26 heavy (non-hydrogen) atoms. The molecule has 0 unspecified atom stereocenters. The maximum Gasteiger partial charge on any atom is 0.191 e. The summed E-state index contributed by atoms with van der Waals surface area (Å²) in [5.74, 6) is 1.73. The molecule has 0 aromatic heterocycles. The van der Waals surface area contributed by atoms with Gasteiger partial charge in [-0.1, -0.05) is 12.1 Å². The molecule has 0 atom stereocenters. The minimum Gasteiger partial charge on any atom is -0.497 e. The van der Waals surface area contributed by atoms with Gasteiger partial charge in [-0.15, -0.1) is 24.0 Å². The van der Waals surface area contributed by atoms with Gasteiger partial charge < -0.3 is 20.1 Å². The van der Waals surface area contributed by atoms with Gasteiger partial charge in [0.25, 0.3) is 0 Å². The molecule has 0 radical (unpaired) electrons. The van der Waals surface area contributed by atoms with E-state index in [0.29, 0.717) is 0 Å². The first kappa shape index (κ1) is 23.0. The van der Waals surface area contributed by atoms with E-state index in [-0.39, 0.29) is 29.5 Å². The van der Waals surface area contributed by atoms with Gasteiger partial charge in [-0.2, -0.15) is 0 Å². The molecular weight excluding hydrogens is 443 g/mol. The molecule has 0 saturated carbocycles. The molecule has 0 amide bonds. The quantitative estimate of drug-likeness (QED) is 0.359. The maximum absolute atomic E-state index is 5.45. The third-order valence-electron chi connectivity index (χ3n) is 4.62. The lowest BCUT2D eigenvalue weighted by Gasteiger charge is -2.41. The van der Waals surface area contributed by atoms with Crippen LogP contribution < -0.4 is 15.4 Å². The number of halogens is 1. The SMILES string of the molecule is CN=C(NCCc1cccc(OC)c1)NCC(C)(C)N1CCOCC1.I. The van der Waals surface area contributed by atoms with Crippen LogP contribution in [0.25, 0.3) is 0 Å². The number of rotatable bonds is 7. The number of aliphatic imine (C=N–C) groups is 1. The number of benzene rings is 1. The summed E-state index contributed by atoms with van der Waals surface area (Å²) in [5.41, 5.74) is 1.31. The number of ether oxygens (including phenoxy) is 2. The Balaban J connectivity index is 0.00000338. The van der Waals surface area contributed by atoms with Crippen LogP contribution in [-0.4, -0.2) is 69.9 Å². The third-order valence-corrected chi connectivity index (χ3v) is 4.62. The monoisotopic (exact) mass is 476 g/mol. The molecule has 0 spiro atoms. The molecule has 0 aliphatic carbocycles. The van der Waals surface area contributed by atoms with Gasteiger partial charge in [0.05, 0.1) is 20.3 Å². The number of nitrogens with one attached hydrogen (secondary N) is 2. The standard InChI is InChI=1S/C19H32N4O2.HI/c1-19(2,23-10-12-25-13-11-23)15-22-18(20-3)21-9-8-16-6-5-7-17(14-16)24-4;/h5-7,14H,8-13,15H2,1-4H3,(H2,20,21,22);1H. The van der Waals surface area contributed by atoms with Gasteiger partial charge in [0.2, 0.25) is 0 Å². The van der Waals surface area contributed by atoms with Gasteiger partial charge in [0.1, 0.15) is 5.75 Å². The first-order valence-corrected chi connectivity index (χ1v) is 8.95. The molecule has 1 heterocycles. The van der Waals surface area contributed by atoms with Crippen LogP contribution in [-0.2, 0) is 11.2 Å². The average molecular weight is 476 g/mol. The summed E-state index contributed by atoms with van der Waals surface area (Å²) in [6, 6.07) is 8.17. The van der Waals surface area contributed by atoms with E-state index in [2.05, 4.69) is 46.5 Å². The number of guanidine groups is 1. The highest BCUT2D eigenvalue weighted by Gasteiger charge is 2.28. The predicted molar refractivity (Wildman–Crippen MR) is 118 cm³/mol. The fourth-order valence-corrected chi connectivity index (χ4v) is 2.95. The van der Waals surface area contributed by atoms with Gasteiger partial charge in [0.15, 0.2) is 5.96 Å². The number of nitrogens with zero attached hydrogens (tertiary/aromatic N) is 2. The fourth-order valence-electron chi connectivity index (χ4n) is 2.95. The van der Waals surface area contributed by atoms with Crippen molar-refractivity contribution in [1.29, 1.82) is 0 Å². The number of methoxy groups -OCH3 is 1. The van der Waals surface area contributed by atoms with Crippen LogP contribution >= 0.6 is 24.0 Å². The molecular formula is C19H33IN4O2. The van der Waals surface area contributed by atoms with Gasteiger partial charge in [-0.05, 0) is 38.0 Å². The molecule has 6 nitrogen and oxygen atoms in total. The average Bonchev–Trinajstić information content (AvgIpc) is 2.65. The number of hydrogen-bond donors (Lipinski definition) is 2. The highest BCUT2D eigenvalue weighted by Crippen LogP contribution is 2.15. The van der Waals surface area contributed by atoms with Crippen LogP contribution in [0, 0.1) is 0 Å². The summed E-state index contributed by atoms with van der Waals surface area (Å²) in [6.07, 6.45) is 0.921. The van der Waals surface area contributed by atoms with Crippen molar-refractivity contribution in [3.8, 4) is 5.75 Å². The Hall–Kier alpha value is -1.06. The smallest absolute Gasteiger partial charge is 0.191 e. The topological polar surface area (TPSA) is 58.1 Å². The normalized spacial score (nSPS) is 15.9. The third kappa shape index (κ3) is 7.28. The van der Waals surface area contributed by atoms with Crippen molar-refractivity contribution in [3.63, 3.8) is 0 Å². The van der Waals surface area contributed by atoms with Gasteiger partial charge in [-0.25, -0.2) is 0 Å². The van der Waals surface area contributed by atoms with Crippen molar-refractivity contribution >= 4 is 29.9 Å². The first-order chi connectivity index (χ1) is 12.0. The van der Waals surface area contributed by atoms with Crippen molar-refractivity contribution in [2.24, 2.45) is 4.99 Å². The Morgan fingerprint density at radius 3 is 2.65 bits per heavy atom. The van der Waals surface area contributed by atoms with Crippen LogP contribution in [0.4, 0.5) is 0 Å². The van der Waals surface area contributed by atoms with Crippen molar-refractivity contribution in [1.82, 2.24) is 15.5 Å². The lowest BCUT2D eigenvalue weighted by Crippen LogP contribution is -2.56. The predicted octanol–water partition coefficient (Wildman–Crippen LogP) is 2.13. The summed E-state index contributed by atoms with van der Waals surface area (Å²) < 4.78 is 10.7. The summed E-state index contributed by atoms with van der Waals surface area (Å²) >= 11 is 0. The second-order valence-electron chi connectivity index (χ2n) is 6.87. The van der Waals surface area contributed by atoms with Gasteiger partial charge in [-0.3, -0.25) is 9.89 Å². The Morgan fingerprint density at radius 2 is 2.00 bits per heavy atom. The number of morpholine rings is 1. The van der Waals surface area contributed by atoms with E-state index < -0.39 is 0 Å². The molecule has 1 fully saturated rings. The molecule has 0 bridgehead atoms. The van der Waals surface area contributed by atoms with Crippen molar-refractivity contribution in [3.05, 3.63) is 29.8 Å². The zero-order chi connectivity index (χ0) is 18.1. The van der Waals surface area contributed by atoms with Crippen LogP contribution in [0.15, 0.2) is 29.3 Å². The van der Waals surface area contributed by atoms with Crippen molar-refractivity contribution < 1.29 is 9.47 Å². The van der Waals surface area contributed by atoms with E-state index in [1.54, 1.807) is 7.11 Å². The second kappa shape index (κ2) is 11.6. The fraction of sp³-hybridized carbons (Fsp3) is 0.632. The minimum atomic E-state index is 0. The Labute approximate surface area is 174 Å². The Bertz CT molecular complexity index is 560. The lowest BCUT2D eigenvalue weighted by molar-refractivity contribution is -0.00833. The summed E-state index contributed by atoms with van der Waals surface area (Å²) in [4.78, 5) is 6.79. The summed E-state index contributed by atoms with van der Waals surface area (Å²) in [5, 5.41) is 6.83. The van der Waals surface area contributed by atoms with Crippen LogP contribution in [0.3, 0.4) is 0 Å². The van der Waals surface area contributed by atoms with E-state index in [0.717, 1.165) is 57.5 Å². The summed E-state index contributed by atoms with van der Waals surface area (Å²) in [7, 11) is 3.50. The summed E-state index contributed by atoms with van der Waals surface area (Å²) in [6.45, 7) is 9.78. The highest BCUT2D eigenvalue weighted by atomic mass is 127. The van der Waals surface area contributed by atoms with Gasteiger partial charge in [0, 0.05) is 38.8 Å². The Morgan fingerprint density at radius 1 is 1.27 bits per heavy atom. The van der Waals surface area contributed by atoms with E-state index >= 15 is 0 Å². The van der Waals surface area contributed by atoms with Crippen molar-refractivity contribution in [2.75, 3.05) is 53.6 Å². The second-order valence-corrected chi connectivity index (χ2v) is 6.87. The zero-order valence-electron chi connectivity index (χ0n) is 16.4. The zero-order valence-corrected chi connectivity index (χ0v) is 18.7. The van der Waals surface area contributed by atoms with E-state index in [9.17, 15) is 0 Å². The van der Waals surface area contributed by atoms with Gasteiger partial charge >= 0.3 is 0 Å². The van der Waals surface area contributed by atoms with E-state index in [4.69, 9.17) is 9.47 Å². The largest absolute Gasteiger partial charge is 0.497 e.